The van der Waals surface area contributed by atoms with E-state index in [1.807, 2.05) is 0 Å². The molecule has 1 rings (SSSR count). The van der Waals surface area contributed by atoms with E-state index in [4.69, 9.17) is 5.11 Å². The Bertz CT molecular complexity index is 274. The van der Waals surface area contributed by atoms with Gasteiger partial charge in [-0.1, -0.05) is 0 Å². The zero-order valence-corrected chi connectivity index (χ0v) is 5.81. The number of carbonyl (C=O) groups is 1. The first kappa shape index (κ1) is 7.46. The molecule has 1 aromatic rings. The zero-order chi connectivity index (χ0) is 8.27. The predicted octanol–water partition coefficient (Wildman–Crippen LogP) is 0.183. The van der Waals surface area contributed by atoms with E-state index >= 15 is 0 Å². The largest absolute Gasteiger partial charge is 0.477 e. The van der Waals surface area contributed by atoms with E-state index in [-0.39, 0.29) is 11.7 Å². The topological polar surface area (TPSA) is 72.3 Å². The molecule has 0 saturated heterocycles. The van der Waals surface area contributed by atoms with Crippen LogP contribution in [0.1, 0.15) is 10.5 Å². The standard InChI is InChI=1S/C6H6N2O3/c1-11-6-7-3-2-4(8-6)5(9)10/h2-3H,1H3,(H,9,10). The van der Waals surface area contributed by atoms with Gasteiger partial charge in [0, 0.05) is 6.20 Å². The number of carboxylic acid groups (broad SMARTS) is 1. The number of aromatic nitrogens is 2. The normalized spacial score (nSPS) is 9.18. The molecule has 11 heavy (non-hydrogen) atoms. The van der Waals surface area contributed by atoms with Gasteiger partial charge in [-0.25, -0.2) is 9.78 Å². The van der Waals surface area contributed by atoms with Crippen molar-refractivity contribution >= 4 is 5.97 Å². The molecule has 0 aromatic carbocycles. The van der Waals surface area contributed by atoms with Gasteiger partial charge < -0.3 is 9.84 Å². The third-order valence-electron chi connectivity index (χ3n) is 1.04. The first-order chi connectivity index (χ1) is 5.24. The second-order valence-electron chi connectivity index (χ2n) is 1.73. The average molecular weight is 154 g/mol. The van der Waals surface area contributed by atoms with Crippen molar-refractivity contribution in [3.63, 3.8) is 0 Å². The van der Waals surface area contributed by atoms with Gasteiger partial charge >= 0.3 is 12.0 Å². The molecule has 0 atom stereocenters. The first-order valence-electron chi connectivity index (χ1n) is 2.84. The minimum Gasteiger partial charge on any atom is -0.477 e. The highest BCUT2D eigenvalue weighted by Crippen LogP contribution is 2.00. The Kier molecular flexibility index (Phi) is 2.00. The number of ether oxygens (including phenoxy) is 1. The Morgan fingerprint density at radius 2 is 2.45 bits per heavy atom. The number of carboxylic acids is 1. The molecule has 0 aliphatic carbocycles. The number of nitrogens with zero attached hydrogens (tertiary/aromatic N) is 2. The SMILES string of the molecule is COc1nccc(C(=O)O)n1. The van der Waals surface area contributed by atoms with Crippen LogP contribution >= 0.6 is 0 Å². The van der Waals surface area contributed by atoms with Gasteiger partial charge in [-0.15, -0.1) is 0 Å². The van der Waals surface area contributed by atoms with Crippen LogP contribution in [0.4, 0.5) is 0 Å². The number of rotatable bonds is 2. The molecule has 0 unspecified atom stereocenters. The molecule has 0 saturated carbocycles. The van der Waals surface area contributed by atoms with Gasteiger partial charge in [0.25, 0.3) is 0 Å². The summed E-state index contributed by atoms with van der Waals surface area (Å²) in [6.45, 7) is 0. The van der Waals surface area contributed by atoms with Crippen LogP contribution in [-0.4, -0.2) is 28.2 Å². The van der Waals surface area contributed by atoms with Crippen molar-refractivity contribution in [1.82, 2.24) is 9.97 Å². The molecule has 0 bridgehead atoms. The van der Waals surface area contributed by atoms with Crippen LogP contribution in [-0.2, 0) is 0 Å². The van der Waals surface area contributed by atoms with Gasteiger partial charge in [0.05, 0.1) is 7.11 Å². The third-order valence-corrected chi connectivity index (χ3v) is 1.04. The molecule has 0 aliphatic rings. The lowest BCUT2D eigenvalue weighted by molar-refractivity contribution is 0.0689. The fourth-order valence-corrected chi connectivity index (χ4v) is 0.558. The predicted molar refractivity (Wildman–Crippen MR) is 35.5 cm³/mol. The van der Waals surface area contributed by atoms with Crippen LogP contribution in [0, 0.1) is 0 Å². The third kappa shape index (κ3) is 1.64. The van der Waals surface area contributed by atoms with Gasteiger partial charge in [-0.05, 0) is 6.07 Å². The molecule has 0 aliphatic heterocycles. The molecule has 0 fully saturated rings. The molecule has 1 heterocycles. The molecule has 0 spiro atoms. The maximum absolute atomic E-state index is 10.3. The van der Waals surface area contributed by atoms with Gasteiger partial charge in [0.1, 0.15) is 0 Å². The van der Waals surface area contributed by atoms with Crippen molar-refractivity contribution in [2.24, 2.45) is 0 Å². The molecule has 0 radical (unpaired) electrons. The Labute approximate surface area is 62.7 Å². The van der Waals surface area contributed by atoms with Crippen molar-refractivity contribution in [2.75, 3.05) is 7.11 Å². The zero-order valence-electron chi connectivity index (χ0n) is 5.81. The highest BCUT2D eigenvalue weighted by Gasteiger charge is 2.04. The van der Waals surface area contributed by atoms with Crippen LogP contribution in [0.3, 0.4) is 0 Å². The minimum absolute atomic E-state index is 0.0601. The lowest BCUT2D eigenvalue weighted by Crippen LogP contribution is -2.02. The maximum Gasteiger partial charge on any atom is 0.354 e. The lowest BCUT2D eigenvalue weighted by atomic mass is 10.4. The van der Waals surface area contributed by atoms with E-state index in [2.05, 4.69) is 14.7 Å². The quantitative estimate of drug-likeness (QED) is 0.657. The summed E-state index contributed by atoms with van der Waals surface area (Å²) in [6.07, 6.45) is 1.33. The summed E-state index contributed by atoms with van der Waals surface area (Å²) in [5.74, 6) is -1.09. The van der Waals surface area contributed by atoms with Gasteiger partial charge in [-0.3, -0.25) is 0 Å². The van der Waals surface area contributed by atoms with Crippen molar-refractivity contribution in [1.29, 1.82) is 0 Å². The Hall–Kier alpha value is -1.65. The number of hydrogen-bond donors (Lipinski definition) is 1. The molecule has 1 aromatic heterocycles. The van der Waals surface area contributed by atoms with E-state index in [0.29, 0.717) is 0 Å². The fraction of sp³-hybridized carbons (Fsp3) is 0.167. The summed E-state index contributed by atoms with van der Waals surface area (Å²) in [4.78, 5) is 17.5. The van der Waals surface area contributed by atoms with E-state index in [1.165, 1.54) is 19.4 Å². The van der Waals surface area contributed by atoms with Crippen molar-refractivity contribution in [3.05, 3.63) is 18.0 Å². The first-order valence-corrected chi connectivity index (χ1v) is 2.84. The van der Waals surface area contributed by atoms with Crippen molar-refractivity contribution in [2.45, 2.75) is 0 Å². The second-order valence-corrected chi connectivity index (χ2v) is 1.73. The van der Waals surface area contributed by atoms with Crippen molar-refractivity contribution < 1.29 is 14.6 Å². The van der Waals surface area contributed by atoms with Crippen LogP contribution in [0.5, 0.6) is 6.01 Å². The van der Waals surface area contributed by atoms with Gasteiger partial charge in [0.2, 0.25) is 0 Å². The van der Waals surface area contributed by atoms with Crippen molar-refractivity contribution in [3.8, 4) is 6.01 Å². The van der Waals surface area contributed by atoms with Crippen LogP contribution in [0.2, 0.25) is 0 Å². The van der Waals surface area contributed by atoms with Gasteiger partial charge in [-0.2, -0.15) is 4.98 Å². The smallest absolute Gasteiger partial charge is 0.354 e. The second kappa shape index (κ2) is 2.96. The summed E-state index contributed by atoms with van der Waals surface area (Å²) < 4.78 is 4.62. The van der Waals surface area contributed by atoms with E-state index < -0.39 is 5.97 Å². The fourth-order valence-electron chi connectivity index (χ4n) is 0.558. The summed E-state index contributed by atoms with van der Waals surface area (Å²) in [7, 11) is 1.38. The number of methoxy groups -OCH3 is 1. The molecule has 0 amide bonds. The Morgan fingerprint density at radius 3 is 3.00 bits per heavy atom. The highest BCUT2D eigenvalue weighted by atomic mass is 16.5. The van der Waals surface area contributed by atoms with E-state index in [0.717, 1.165) is 0 Å². The average Bonchev–Trinajstić information content (AvgIpc) is 2.05. The minimum atomic E-state index is -1.09. The molecule has 58 valence electrons. The molecular formula is C6H6N2O3. The summed E-state index contributed by atoms with van der Waals surface area (Å²) in [5, 5.41) is 8.46. The molecule has 1 N–H and O–H groups in total. The lowest BCUT2D eigenvalue weighted by Gasteiger charge is -1.96. The molecule has 5 nitrogen and oxygen atoms in total. The summed E-state index contributed by atoms with van der Waals surface area (Å²) in [5.41, 5.74) is -0.0724. The molecule has 5 heteroatoms. The van der Waals surface area contributed by atoms with Crippen LogP contribution in [0.25, 0.3) is 0 Å². The summed E-state index contributed by atoms with van der Waals surface area (Å²) >= 11 is 0. The maximum atomic E-state index is 10.3. The Morgan fingerprint density at radius 1 is 1.73 bits per heavy atom. The van der Waals surface area contributed by atoms with E-state index in [1.54, 1.807) is 0 Å². The number of hydrogen-bond acceptors (Lipinski definition) is 4. The van der Waals surface area contributed by atoms with E-state index in [9.17, 15) is 4.79 Å². The van der Waals surface area contributed by atoms with Gasteiger partial charge in [0.15, 0.2) is 5.69 Å². The molecular weight excluding hydrogens is 148 g/mol. The van der Waals surface area contributed by atoms with Crippen LogP contribution < -0.4 is 4.74 Å². The Balaban J connectivity index is 3.01. The highest BCUT2D eigenvalue weighted by molar-refractivity contribution is 5.85. The van der Waals surface area contributed by atoms with Crippen LogP contribution in [0.15, 0.2) is 12.3 Å². The number of aromatic carboxylic acids is 1. The monoisotopic (exact) mass is 154 g/mol. The summed E-state index contributed by atoms with van der Waals surface area (Å²) in [6, 6.07) is 1.36.